The van der Waals surface area contributed by atoms with Crippen LogP contribution in [0.1, 0.15) is 5.56 Å². The highest BCUT2D eigenvalue weighted by molar-refractivity contribution is 14.1. The van der Waals surface area contributed by atoms with E-state index in [1.807, 2.05) is 54.6 Å². The van der Waals surface area contributed by atoms with Gasteiger partial charge >= 0.3 is 0 Å². The lowest BCUT2D eigenvalue weighted by Crippen LogP contribution is -2.27. The fourth-order valence-electron chi connectivity index (χ4n) is 2.26. The van der Waals surface area contributed by atoms with E-state index in [2.05, 4.69) is 28.5 Å². The molecule has 1 heterocycles. The summed E-state index contributed by atoms with van der Waals surface area (Å²) in [5, 5.41) is 0. The van der Waals surface area contributed by atoms with Crippen molar-refractivity contribution in [1.29, 1.82) is 0 Å². The van der Waals surface area contributed by atoms with Gasteiger partial charge in [-0.15, -0.1) is 6.42 Å². The summed E-state index contributed by atoms with van der Waals surface area (Å²) < 4.78 is 6.92. The van der Waals surface area contributed by atoms with Crippen molar-refractivity contribution in [3.05, 3.63) is 62.6 Å². The molecule has 0 N–H and O–H groups in total. The summed E-state index contributed by atoms with van der Waals surface area (Å²) in [4.78, 5) is 14.9. The average molecular weight is 477 g/mol. The van der Waals surface area contributed by atoms with Gasteiger partial charge in [0.1, 0.15) is 12.4 Å². The van der Waals surface area contributed by atoms with Crippen molar-refractivity contribution in [1.82, 2.24) is 0 Å². The van der Waals surface area contributed by atoms with Crippen LogP contribution in [0.3, 0.4) is 0 Å². The Labute approximate surface area is 169 Å². The van der Waals surface area contributed by atoms with E-state index in [0.717, 1.165) is 20.6 Å². The molecule has 0 bridgehead atoms. The highest BCUT2D eigenvalue weighted by Gasteiger charge is 2.33. The van der Waals surface area contributed by atoms with E-state index in [-0.39, 0.29) is 12.5 Å². The van der Waals surface area contributed by atoms with Crippen LogP contribution >= 0.6 is 46.6 Å². The second-order valence-electron chi connectivity index (χ2n) is 5.04. The van der Waals surface area contributed by atoms with Crippen LogP contribution in [0.2, 0.25) is 0 Å². The van der Waals surface area contributed by atoms with Gasteiger partial charge < -0.3 is 4.74 Å². The quantitative estimate of drug-likeness (QED) is 0.276. The summed E-state index contributed by atoms with van der Waals surface area (Å²) in [5.41, 5.74) is 1.69. The van der Waals surface area contributed by atoms with Crippen molar-refractivity contribution >= 4 is 68.6 Å². The average Bonchev–Trinajstić information content (AvgIpc) is 2.88. The molecule has 2 aromatic rings. The van der Waals surface area contributed by atoms with Gasteiger partial charge in [-0.05, 0) is 58.5 Å². The molecule has 6 heteroatoms. The Balaban J connectivity index is 1.85. The maximum Gasteiger partial charge on any atom is 0.270 e. The van der Waals surface area contributed by atoms with E-state index in [9.17, 15) is 4.79 Å². The molecule has 1 aliphatic rings. The third kappa shape index (κ3) is 4.06. The first kappa shape index (κ1) is 18.0. The molecule has 0 atom stereocenters. The molecule has 3 rings (SSSR count). The second kappa shape index (κ2) is 8.04. The molecule has 3 nitrogen and oxygen atoms in total. The number of thiocarbonyl (C=S) groups is 1. The third-order valence-corrected chi connectivity index (χ3v) is 5.52. The molecule has 1 fully saturated rings. The summed E-state index contributed by atoms with van der Waals surface area (Å²) in [6.45, 7) is 0.227. The number of rotatable bonds is 4. The van der Waals surface area contributed by atoms with Crippen LogP contribution in [0.15, 0.2) is 53.4 Å². The van der Waals surface area contributed by atoms with Gasteiger partial charge in [0.15, 0.2) is 4.32 Å². The molecule has 1 amide bonds. The third-order valence-electron chi connectivity index (χ3n) is 3.37. The number of hydrogen-bond acceptors (Lipinski definition) is 4. The van der Waals surface area contributed by atoms with Gasteiger partial charge in [-0.3, -0.25) is 9.69 Å². The lowest BCUT2D eigenvalue weighted by Gasteiger charge is -2.13. The van der Waals surface area contributed by atoms with Gasteiger partial charge in [0, 0.05) is 0 Å². The van der Waals surface area contributed by atoms with Crippen molar-refractivity contribution in [3.63, 3.8) is 0 Å². The molecule has 0 aromatic heterocycles. The van der Waals surface area contributed by atoms with Crippen LogP contribution in [-0.2, 0) is 4.79 Å². The van der Waals surface area contributed by atoms with E-state index in [1.54, 1.807) is 4.90 Å². The predicted octanol–water partition coefficient (Wildman–Crippen LogP) is 4.71. The molecule has 0 saturated carbocycles. The van der Waals surface area contributed by atoms with E-state index in [1.165, 1.54) is 11.8 Å². The number of nitrogens with zero attached hydrogens (tertiary/aromatic N) is 1. The summed E-state index contributed by atoms with van der Waals surface area (Å²) in [6, 6.07) is 15.1. The van der Waals surface area contributed by atoms with E-state index in [0.29, 0.717) is 9.23 Å². The minimum Gasteiger partial charge on any atom is -0.480 e. The molecule has 1 aliphatic heterocycles. The first-order valence-corrected chi connectivity index (χ1v) is 9.59. The van der Waals surface area contributed by atoms with Gasteiger partial charge in [-0.1, -0.05) is 54.2 Å². The molecule has 25 heavy (non-hydrogen) atoms. The first-order chi connectivity index (χ1) is 12.1. The van der Waals surface area contributed by atoms with Gasteiger partial charge in [-0.2, -0.15) is 0 Å². The zero-order chi connectivity index (χ0) is 17.8. The van der Waals surface area contributed by atoms with Crippen molar-refractivity contribution < 1.29 is 9.53 Å². The van der Waals surface area contributed by atoms with Crippen molar-refractivity contribution in [2.75, 3.05) is 11.5 Å². The van der Waals surface area contributed by atoms with E-state index < -0.39 is 0 Å². The lowest BCUT2D eigenvalue weighted by molar-refractivity contribution is -0.113. The highest BCUT2D eigenvalue weighted by atomic mass is 127. The molecule has 0 radical (unpaired) electrons. The Bertz CT molecular complexity index is 903. The molecule has 1 saturated heterocycles. The fraction of sp³-hybridized carbons (Fsp3) is 0.0526. The molecule has 2 aromatic carbocycles. The Kier molecular flexibility index (Phi) is 5.78. The zero-order valence-electron chi connectivity index (χ0n) is 12.9. The molecule has 0 unspecified atom stereocenters. The van der Waals surface area contributed by atoms with Crippen LogP contribution < -0.4 is 9.64 Å². The number of terminal acetylenes is 1. The summed E-state index contributed by atoms with van der Waals surface area (Å²) in [7, 11) is 0. The van der Waals surface area contributed by atoms with Crippen molar-refractivity contribution in [2.24, 2.45) is 0 Å². The number of hydrogen-bond donors (Lipinski definition) is 0. The maximum absolute atomic E-state index is 12.7. The number of amides is 1. The second-order valence-corrected chi connectivity index (χ2v) is 7.87. The number of ether oxygens (including phenoxy) is 1. The molecular weight excluding hydrogens is 465 g/mol. The number of carbonyl (C=O) groups excluding carboxylic acids is 1. The minimum atomic E-state index is -0.108. The predicted molar refractivity (Wildman–Crippen MR) is 116 cm³/mol. The van der Waals surface area contributed by atoms with Crippen molar-refractivity contribution in [3.8, 4) is 18.1 Å². The summed E-state index contributed by atoms with van der Waals surface area (Å²) in [6.07, 6.45) is 7.05. The van der Waals surface area contributed by atoms with Crippen LogP contribution in [-0.4, -0.2) is 16.8 Å². The van der Waals surface area contributed by atoms with Crippen molar-refractivity contribution in [2.45, 2.75) is 0 Å². The molecular formula is C19H12INO2S2. The van der Waals surface area contributed by atoms with E-state index >= 15 is 0 Å². The molecule has 0 aliphatic carbocycles. The minimum absolute atomic E-state index is 0.108. The smallest absolute Gasteiger partial charge is 0.270 e. The summed E-state index contributed by atoms with van der Waals surface area (Å²) in [5.74, 6) is 3.06. The number of anilines is 1. The standard InChI is InChI=1S/C19H12INO2S2/c1-2-10-23-16-9-8-13(11-15(16)20)12-17-18(22)21(19(24)25-17)14-6-4-3-5-7-14/h1,3-9,11-12H,10H2/b17-12+. The topological polar surface area (TPSA) is 29.5 Å². The van der Waals surface area contributed by atoms with Gasteiger partial charge in [0.05, 0.1) is 14.2 Å². The first-order valence-electron chi connectivity index (χ1n) is 7.29. The van der Waals surface area contributed by atoms with Gasteiger partial charge in [0.25, 0.3) is 5.91 Å². The SMILES string of the molecule is C#CCOc1ccc(/C=C2/SC(=S)N(c3ccccc3)C2=O)cc1I. The highest BCUT2D eigenvalue weighted by Crippen LogP contribution is 2.36. The van der Waals surface area contributed by atoms with Crippen LogP contribution in [0.4, 0.5) is 5.69 Å². The zero-order valence-corrected chi connectivity index (χ0v) is 16.7. The van der Waals surface area contributed by atoms with Gasteiger partial charge in [0.2, 0.25) is 0 Å². The normalized spacial score (nSPS) is 15.5. The van der Waals surface area contributed by atoms with Crippen LogP contribution in [0, 0.1) is 15.9 Å². The lowest BCUT2D eigenvalue weighted by atomic mass is 10.2. The largest absolute Gasteiger partial charge is 0.480 e. The molecule has 124 valence electrons. The number of carbonyl (C=O) groups is 1. The number of halogens is 1. The Morgan fingerprint density at radius 3 is 2.72 bits per heavy atom. The Hall–Kier alpha value is -1.82. The number of thioether (sulfide) groups is 1. The van der Waals surface area contributed by atoms with Crippen LogP contribution in [0.5, 0.6) is 5.75 Å². The monoisotopic (exact) mass is 477 g/mol. The number of benzene rings is 2. The van der Waals surface area contributed by atoms with Crippen LogP contribution in [0.25, 0.3) is 6.08 Å². The Morgan fingerprint density at radius 1 is 1.28 bits per heavy atom. The van der Waals surface area contributed by atoms with E-state index in [4.69, 9.17) is 23.4 Å². The molecule has 0 spiro atoms. The van der Waals surface area contributed by atoms with Gasteiger partial charge in [-0.25, -0.2) is 0 Å². The maximum atomic E-state index is 12.7. The fourth-order valence-corrected chi connectivity index (χ4v) is 4.26. The summed E-state index contributed by atoms with van der Waals surface area (Å²) >= 11 is 8.86. The number of para-hydroxylation sites is 1. The Morgan fingerprint density at radius 2 is 2.04 bits per heavy atom.